The summed E-state index contributed by atoms with van der Waals surface area (Å²) in [6, 6.07) is 19.9. The average molecular weight is 518 g/mol. The second-order valence-electron chi connectivity index (χ2n) is 9.98. The van der Waals surface area contributed by atoms with Gasteiger partial charge in [-0.1, -0.05) is 37.3 Å². The van der Waals surface area contributed by atoms with E-state index in [1.54, 1.807) is 41.3 Å². The molecular weight excluding hydrogens is 481 g/mol. The van der Waals surface area contributed by atoms with Gasteiger partial charge in [-0.25, -0.2) is 9.18 Å². The molecule has 0 saturated carbocycles. The molecule has 0 spiro atoms. The van der Waals surface area contributed by atoms with E-state index in [-0.39, 0.29) is 11.9 Å². The smallest absolute Gasteiger partial charge is 0.322 e. The summed E-state index contributed by atoms with van der Waals surface area (Å²) in [7, 11) is 0. The summed E-state index contributed by atoms with van der Waals surface area (Å²) in [5.41, 5.74) is 8.78. The third kappa shape index (κ3) is 7.79. The predicted octanol–water partition coefficient (Wildman–Crippen LogP) is 5.82. The number of nitrogens with two attached hydrogens (primary N) is 1. The lowest BCUT2D eigenvalue weighted by atomic mass is 9.99. The van der Waals surface area contributed by atoms with Crippen LogP contribution in [0.15, 0.2) is 72.8 Å². The van der Waals surface area contributed by atoms with Gasteiger partial charge in [0.15, 0.2) is 0 Å². The molecule has 8 heteroatoms. The number of benzene rings is 3. The van der Waals surface area contributed by atoms with Crippen molar-refractivity contribution in [3.05, 3.63) is 89.7 Å². The number of hydrogen-bond donors (Lipinski definition) is 3. The van der Waals surface area contributed by atoms with E-state index in [1.807, 2.05) is 24.3 Å². The molecule has 4 rings (SSSR count). The molecule has 1 aliphatic rings. The third-order valence-corrected chi connectivity index (χ3v) is 6.94. The number of carbonyl (C=O) groups excluding carboxylic acids is 2. The van der Waals surface area contributed by atoms with Crippen LogP contribution in [0.25, 0.3) is 0 Å². The highest BCUT2D eigenvalue weighted by molar-refractivity contribution is 6.05. The molecule has 1 heterocycles. The minimum Gasteiger partial charge on any atom is -0.397 e. The predicted molar refractivity (Wildman–Crippen MR) is 151 cm³/mol. The SMILES string of the molecule is CC1CCN(CCCN(Cc2ccc(C(=O)Nc3ccccc3N)cc2)C(=O)Nc2cccc(F)c2)CC1. The molecule has 7 nitrogen and oxygen atoms in total. The van der Waals surface area contributed by atoms with Crippen molar-refractivity contribution in [2.75, 3.05) is 42.5 Å². The summed E-state index contributed by atoms with van der Waals surface area (Å²) >= 11 is 0. The van der Waals surface area contributed by atoms with Gasteiger partial charge in [0.25, 0.3) is 5.91 Å². The molecule has 0 unspecified atom stereocenters. The number of para-hydroxylation sites is 2. The number of halogens is 1. The lowest BCUT2D eigenvalue weighted by molar-refractivity contribution is 0.102. The van der Waals surface area contributed by atoms with Crippen LogP contribution in [0.2, 0.25) is 0 Å². The Bertz CT molecular complexity index is 1230. The van der Waals surface area contributed by atoms with Crippen molar-refractivity contribution in [1.29, 1.82) is 0 Å². The Kier molecular flexibility index (Phi) is 9.32. The quantitative estimate of drug-likeness (QED) is 0.312. The first kappa shape index (κ1) is 27.1. The van der Waals surface area contributed by atoms with Crippen molar-refractivity contribution >= 4 is 29.0 Å². The van der Waals surface area contributed by atoms with Crippen LogP contribution in [0.1, 0.15) is 42.1 Å². The second kappa shape index (κ2) is 13.1. The third-order valence-electron chi connectivity index (χ3n) is 6.94. The normalized spacial score (nSPS) is 14.2. The van der Waals surface area contributed by atoms with Crippen molar-refractivity contribution in [3.8, 4) is 0 Å². The van der Waals surface area contributed by atoms with Gasteiger partial charge in [0.05, 0.1) is 11.4 Å². The van der Waals surface area contributed by atoms with E-state index >= 15 is 0 Å². The largest absolute Gasteiger partial charge is 0.397 e. The number of likely N-dealkylation sites (tertiary alicyclic amines) is 1. The molecule has 1 saturated heterocycles. The molecule has 4 N–H and O–H groups in total. The minimum atomic E-state index is -0.403. The summed E-state index contributed by atoms with van der Waals surface area (Å²) in [4.78, 5) is 30.0. The van der Waals surface area contributed by atoms with Crippen LogP contribution in [-0.4, -0.2) is 47.9 Å². The van der Waals surface area contributed by atoms with Gasteiger partial charge in [-0.2, -0.15) is 0 Å². The van der Waals surface area contributed by atoms with E-state index in [9.17, 15) is 14.0 Å². The van der Waals surface area contributed by atoms with Gasteiger partial charge >= 0.3 is 6.03 Å². The van der Waals surface area contributed by atoms with E-state index in [2.05, 4.69) is 22.5 Å². The maximum atomic E-state index is 13.7. The Morgan fingerprint density at radius 2 is 1.74 bits per heavy atom. The Hall–Kier alpha value is -3.91. The van der Waals surface area contributed by atoms with Gasteiger partial charge in [0, 0.05) is 24.3 Å². The highest BCUT2D eigenvalue weighted by atomic mass is 19.1. The van der Waals surface area contributed by atoms with E-state index in [4.69, 9.17) is 5.73 Å². The number of amides is 3. The number of urea groups is 1. The summed E-state index contributed by atoms with van der Waals surface area (Å²) in [5.74, 6) is 0.112. The number of nitrogens with one attached hydrogen (secondary N) is 2. The number of rotatable bonds is 9. The van der Waals surface area contributed by atoms with E-state index < -0.39 is 5.82 Å². The summed E-state index contributed by atoms with van der Waals surface area (Å²) in [6.45, 7) is 6.33. The Morgan fingerprint density at radius 3 is 2.45 bits per heavy atom. The highest BCUT2D eigenvalue weighted by Crippen LogP contribution is 2.19. The molecule has 0 atom stereocenters. The van der Waals surface area contributed by atoms with Crippen molar-refractivity contribution in [2.24, 2.45) is 5.92 Å². The van der Waals surface area contributed by atoms with E-state index in [0.29, 0.717) is 35.7 Å². The van der Waals surface area contributed by atoms with Gasteiger partial charge in [0.1, 0.15) is 5.82 Å². The van der Waals surface area contributed by atoms with Crippen molar-refractivity contribution in [3.63, 3.8) is 0 Å². The molecule has 3 aromatic rings. The number of nitrogen functional groups attached to an aromatic ring is 1. The van der Waals surface area contributed by atoms with Crippen molar-refractivity contribution < 1.29 is 14.0 Å². The minimum absolute atomic E-state index is 0.258. The molecule has 3 amide bonds. The number of piperidine rings is 1. The van der Waals surface area contributed by atoms with Crippen LogP contribution < -0.4 is 16.4 Å². The van der Waals surface area contributed by atoms with Gasteiger partial charge in [-0.15, -0.1) is 0 Å². The summed E-state index contributed by atoms with van der Waals surface area (Å²) in [6.07, 6.45) is 3.26. The first-order valence-corrected chi connectivity index (χ1v) is 13.2. The van der Waals surface area contributed by atoms with E-state index in [0.717, 1.165) is 37.5 Å². The van der Waals surface area contributed by atoms with Gasteiger partial charge < -0.3 is 26.2 Å². The Labute approximate surface area is 223 Å². The zero-order chi connectivity index (χ0) is 26.9. The lowest BCUT2D eigenvalue weighted by Gasteiger charge is -2.31. The van der Waals surface area contributed by atoms with Crippen molar-refractivity contribution in [1.82, 2.24) is 9.80 Å². The molecule has 0 radical (unpaired) electrons. The number of anilines is 3. The standard InChI is InChI=1S/C30H36FN5O2/c1-22-14-18-35(19-15-22)16-5-17-36(30(38)33-26-7-4-6-25(31)20-26)21-23-10-12-24(13-11-23)29(37)34-28-9-3-2-8-27(28)32/h2-4,6-13,20,22H,5,14-19,21,32H2,1H3,(H,33,38)(H,34,37). The molecule has 38 heavy (non-hydrogen) atoms. The van der Waals surface area contributed by atoms with E-state index in [1.165, 1.54) is 25.0 Å². The van der Waals surface area contributed by atoms with Crippen LogP contribution in [0, 0.1) is 11.7 Å². The number of nitrogens with zero attached hydrogens (tertiary/aromatic N) is 2. The molecule has 0 bridgehead atoms. The molecule has 0 aromatic heterocycles. The fraction of sp³-hybridized carbons (Fsp3) is 0.333. The maximum absolute atomic E-state index is 13.7. The zero-order valence-electron chi connectivity index (χ0n) is 21.8. The fourth-order valence-electron chi connectivity index (χ4n) is 4.58. The molecule has 200 valence electrons. The molecular formula is C30H36FN5O2. The monoisotopic (exact) mass is 517 g/mol. The number of carbonyl (C=O) groups is 2. The number of hydrogen-bond acceptors (Lipinski definition) is 4. The fourth-order valence-corrected chi connectivity index (χ4v) is 4.58. The van der Waals surface area contributed by atoms with Crippen LogP contribution in [0.4, 0.5) is 26.2 Å². The van der Waals surface area contributed by atoms with Crippen LogP contribution in [0.5, 0.6) is 0 Å². The van der Waals surface area contributed by atoms with Gasteiger partial charge in [-0.3, -0.25) is 4.79 Å². The Morgan fingerprint density at radius 1 is 1.00 bits per heavy atom. The first-order chi connectivity index (χ1) is 18.4. The first-order valence-electron chi connectivity index (χ1n) is 13.2. The van der Waals surface area contributed by atoms with Gasteiger partial charge in [-0.05, 0) is 92.8 Å². The van der Waals surface area contributed by atoms with Crippen LogP contribution >= 0.6 is 0 Å². The summed E-state index contributed by atoms with van der Waals surface area (Å²) in [5, 5.41) is 5.64. The lowest BCUT2D eigenvalue weighted by Crippen LogP contribution is -2.38. The zero-order valence-corrected chi connectivity index (χ0v) is 21.8. The molecule has 1 fully saturated rings. The average Bonchev–Trinajstić information content (AvgIpc) is 2.91. The molecule has 1 aliphatic heterocycles. The van der Waals surface area contributed by atoms with Crippen molar-refractivity contribution in [2.45, 2.75) is 32.7 Å². The highest BCUT2D eigenvalue weighted by Gasteiger charge is 2.18. The molecule has 3 aromatic carbocycles. The van der Waals surface area contributed by atoms with Gasteiger partial charge in [0.2, 0.25) is 0 Å². The molecule has 0 aliphatic carbocycles. The topological polar surface area (TPSA) is 90.7 Å². The summed E-state index contributed by atoms with van der Waals surface area (Å²) < 4.78 is 13.7. The van der Waals surface area contributed by atoms with Crippen LogP contribution in [-0.2, 0) is 6.54 Å². The second-order valence-corrected chi connectivity index (χ2v) is 9.98. The Balaban J connectivity index is 1.39. The maximum Gasteiger partial charge on any atom is 0.322 e. The van der Waals surface area contributed by atoms with Crippen LogP contribution in [0.3, 0.4) is 0 Å².